The van der Waals surface area contributed by atoms with E-state index in [9.17, 15) is 14.0 Å². The second-order valence-corrected chi connectivity index (χ2v) is 9.65. The lowest BCUT2D eigenvalue weighted by Crippen LogP contribution is -2.28. The van der Waals surface area contributed by atoms with Crippen LogP contribution in [-0.4, -0.2) is 23.2 Å². The van der Waals surface area contributed by atoms with Crippen LogP contribution in [0.2, 0.25) is 15.1 Å². The van der Waals surface area contributed by atoms with Crippen LogP contribution in [0, 0.1) is 5.82 Å². The topological polar surface area (TPSA) is 55.8 Å². The fourth-order valence-electron chi connectivity index (χ4n) is 3.32. The van der Waals surface area contributed by atoms with E-state index in [-0.39, 0.29) is 28.6 Å². The molecule has 0 saturated carbocycles. The largest absolute Gasteiger partial charge is 0.493 e. The molecular formula is C25H17Cl3FNO4S. The van der Waals surface area contributed by atoms with Crippen LogP contribution in [-0.2, 0) is 17.9 Å². The molecule has 0 aliphatic carbocycles. The molecule has 0 aromatic heterocycles. The zero-order valence-corrected chi connectivity index (χ0v) is 21.3. The van der Waals surface area contributed by atoms with E-state index in [2.05, 4.69) is 0 Å². The summed E-state index contributed by atoms with van der Waals surface area (Å²) in [5.74, 6) is -0.212. The molecule has 1 aliphatic rings. The highest BCUT2D eigenvalue weighted by molar-refractivity contribution is 8.18. The fraction of sp³-hybridized carbons (Fsp3) is 0.120. The van der Waals surface area contributed by atoms with Gasteiger partial charge in [0.15, 0.2) is 11.5 Å². The van der Waals surface area contributed by atoms with Crippen LogP contribution in [0.5, 0.6) is 11.5 Å². The minimum atomic E-state index is -0.583. The number of nitrogens with zero attached hydrogens (tertiary/aromatic N) is 1. The number of carbonyl (C=O) groups excluding carboxylic acids is 2. The summed E-state index contributed by atoms with van der Waals surface area (Å²) in [5.41, 5.74) is 1.46. The van der Waals surface area contributed by atoms with Gasteiger partial charge in [-0.15, -0.1) is 0 Å². The van der Waals surface area contributed by atoms with Crippen molar-refractivity contribution < 1.29 is 23.5 Å². The van der Waals surface area contributed by atoms with Gasteiger partial charge in [0.25, 0.3) is 11.1 Å². The highest BCUT2D eigenvalue weighted by Crippen LogP contribution is 2.36. The smallest absolute Gasteiger partial charge is 0.293 e. The van der Waals surface area contributed by atoms with Gasteiger partial charge in [-0.2, -0.15) is 0 Å². The third-order valence-electron chi connectivity index (χ3n) is 5.14. The Labute approximate surface area is 220 Å². The molecule has 4 rings (SSSR count). The predicted molar refractivity (Wildman–Crippen MR) is 137 cm³/mol. The van der Waals surface area contributed by atoms with Gasteiger partial charge in [-0.05, 0) is 59.8 Å². The number of rotatable bonds is 7. The van der Waals surface area contributed by atoms with Gasteiger partial charge in [0.2, 0.25) is 0 Å². The molecule has 3 aromatic carbocycles. The number of methoxy groups -OCH3 is 1. The number of imide groups is 1. The van der Waals surface area contributed by atoms with Crippen molar-refractivity contribution in [2.75, 3.05) is 7.11 Å². The van der Waals surface area contributed by atoms with Crippen molar-refractivity contribution in [2.24, 2.45) is 0 Å². The third-order valence-corrected chi connectivity index (χ3v) is 6.98. The molecule has 1 saturated heterocycles. The Morgan fingerprint density at radius 2 is 1.80 bits per heavy atom. The van der Waals surface area contributed by atoms with Gasteiger partial charge >= 0.3 is 0 Å². The van der Waals surface area contributed by atoms with Crippen LogP contribution in [0.15, 0.2) is 59.5 Å². The first-order valence-corrected chi connectivity index (χ1v) is 12.1. The number of amides is 2. The number of hydrogen-bond donors (Lipinski definition) is 0. The molecule has 180 valence electrons. The minimum Gasteiger partial charge on any atom is -0.493 e. The first-order valence-electron chi connectivity index (χ1n) is 10.2. The number of halogens is 4. The molecule has 35 heavy (non-hydrogen) atoms. The second kappa shape index (κ2) is 10.9. The van der Waals surface area contributed by atoms with Crippen LogP contribution < -0.4 is 9.47 Å². The lowest BCUT2D eigenvalue weighted by atomic mass is 10.1. The van der Waals surface area contributed by atoms with E-state index in [0.717, 1.165) is 22.2 Å². The molecule has 2 amide bonds. The van der Waals surface area contributed by atoms with Crippen molar-refractivity contribution >= 4 is 63.8 Å². The molecule has 5 nitrogen and oxygen atoms in total. The second-order valence-electron chi connectivity index (χ2n) is 7.40. The first-order chi connectivity index (χ1) is 16.8. The minimum absolute atomic E-state index is 0.0849. The summed E-state index contributed by atoms with van der Waals surface area (Å²) in [6.45, 7) is -0.0555. The Bertz CT molecular complexity index is 1330. The molecule has 0 unspecified atom stereocenters. The van der Waals surface area contributed by atoms with Crippen LogP contribution >= 0.6 is 46.6 Å². The molecule has 1 aliphatic heterocycles. The Morgan fingerprint density at radius 1 is 1.00 bits per heavy atom. The lowest BCUT2D eigenvalue weighted by molar-refractivity contribution is -0.123. The van der Waals surface area contributed by atoms with E-state index >= 15 is 0 Å². The summed E-state index contributed by atoms with van der Waals surface area (Å²) in [5, 5.41) is 0.656. The van der Waals surface area contributed by atoms with E-state index in [0.29, 0.717) is 27.1 Å². The highest BCUT2D eigenvalue weighted by Gasteiger charge is 2.36. The molecule has 10 heteroatoms. The Hall–Kier alpha value is -2.71. The van der Waals surface area contributed by atoms with Gasteiger partial charge in [0, 0.05) is 26.2 Å². The number of benzene rings is 3. The van der Waals surface area contributed by atoms with Crippen molar-refractivity contribution in [3.05, 3.63) is 97.1 Å². The van der Waals surface area contributed by atoms with Crippen molar-refractivity contribution in [3.8, 4) is 11.5 Å². The molecule has 0 spiro atoms. The lowest BCUT2D eigenvalue weighted by Gasteiger charge is -2.14. The zero-order valence-electron chi connectivity index (χ0n) is 18.2. The summed E-state index contributed by atoms with van der Waals surface area (Å²) >= 11 is 18.9. The van der Waals surface area contributed by atoms with Crippen molar-refractivity contribution in [1.82, 2.24) is 4.90 Å². The van der Waals surface area contributed by atoms with Gasteiger partial charge in [-0.1, -0.05) is 53.0 Å². The van der Waals surface area contributed by atoms with E-state index in [4.69, 9.17) is 44.3 Å². The van der Waals surface area contributed by atoms with E-state index in [1.54, 1.807) is 42.5 Å². The maximum absolute atomic E-state index is 14.1. The third kappa shape index (κ3) is 5.76. The normalized spacial score (nSPS) is 14.7. The van der Waals surface area contributed by atoms with E-state index in [1.165, 1.54) is 25.3 Å². The summed E-state index contributed by atoms with van der Waals surface area (Å²) in [4.78, 5) is 26.5. The van der Waals surface area contributed by atoms with Gasteiger partial charge in [-0.3, -0.25) is 14.5 Å². The van der Waals surface area contributed by atoms with E-state index < -0.39 is 17.0 Å². The molecule has 1 heterocycles. The van der Waals surface area contributed by atoms with Crippen LogP contribution in [0.1, 0.15) is 16.7 Å². The van der Waals surface area contributed by atoms with Gasteiger partial charge in [0.1, 0.15) is 12.4 Å². The maximum Gasteiger partial charge on any atom is 0.293 e. The van der Waals surface area contributed by atoms with Crippen molar-refractivity contribution in [1.29, 1.82) is 0 Å². The molecule has 0 N–H and O–H groups in total. The predicted octanol–water partition coefficient (Wildman–Crippen LogP) is 7.61. The highest BCUT2D eigenvalue weighted by atomic mass is 35.5. The standard InChI is InChI=1S/C25H17Cl3FNO4S/c1-33-22-9-14(5-8-21(22)34-13-15-6-7-16(26)11-19(15)28)10-23-24(31)30(25(32)35-23)12-17-18(27)3-2-4-20(17)29/h2-11H,12-13H2,1H3/b23-10-. The van der Waals surface area contributed by atoms with Gasteiger partial charge < -0.3 is 9.47 Å². The summed E-state index contributed by atoms with van der Waals surface area (Å²) < 4.78 is 25.4. The first kappa shape index (κ1) is 25.4. The molecule has 0 radical (unpaired) electrons. The Morgan fingerprint density at radius 3 is 2.51 bits per heavy atom. The Kier molecular flexibility index (Phi) is 7.91. The summed E-state index contributed by atoms with van der Waals surface area (Å²) in [6.07, 6.45) is 1.57. The average Bonchev–Trinajstić information content (AvgIpc) is 3.08. The molecule has 0 atom stereocenters. The maximum atomic E-state index is 14.1. The monoisotopic (exact) mass is 551 g/mol. The zero-order chi connectivity index (χ0) is 25.1. The fourth-order valence-corrected chi connectivity index (χ4v) is 4.84. The number of carbonyl (C=O) groups is 2. The van der Waals surface area contributed by atoms with Gasteiger partial charge in [0.05, 0.1) is 18.6 Å². The van der Waals surface area contributed by atoms with E-state index in [1.807, 2.05) is 0 Å². The summed E-state index contributed by atoms with van der Waals surface area (Å²) in [6, 6.07) is 14.4. The van der Waals surface area contributed by atoms with Crippen LogP contribution in [0.25, 0.3) is 6.08 Å². The Balaban J connectivity index is 1.51. The molecule has 1 fully saturated rings. The molecular weight excluding hydrogens is 536 g/mol. The van der Waals surface area contributed by atoms with Crippen LogP contribution in [0.4, 0.5) is 9.18 Å². The number of ether oxygens (including phenoxy) is 2. The number of thioether (sulfide) groups is 1. The van der Waals surface area contributed by atoms with Crippen molar-refractivity contribution in [2.45, 2.75) is 13.2 Å². The van der Waals surface area contributed by atoms with Crippen molar-refractivity contribution in [3.63, 3.8) is 0 Å². The average molecular weight is 553 g/mol. The number of hydrogen-bond acceptors (Lipinski definition) is 5. The van der Waals surface area contributed by atoms with Crippen LogP contribution in [0.3, 0.4) is 0 Å². The quantitative estimate of drug-likeness (QED) is 0.282. The SMILES string of the molecule is COc1cc(/C=C2\SC(=O)N(Cc3c(F)cccc3Cl)C2=O)ccc1OCc1ccc(Cl)cc1Cl. The van der Waals surface area contributed by atoms with Gasteiger partial charge in [-0.25, -0.2) is 4.39 Å². The molecule has 0 bridgehead atoms. The summed E-state index contributed by atoms with van der Waals surface area (Å²) in [7, 11) is 1.49. The molecule has 3 aromatic rings.